The standard InChI is InChI=1S/C21H19N5O3S.C19H15N5O2/c1-25-10-16(14-6-12(4-5-18(14)25)19(27)11-30(3,28)29)17-7-15-20-13(9-23-26(20)2)8-22-21(15)24-17;1-23-9-14(12-5-10(19(25)26)3-4-16(12)23)15-6-13-17-11(8-21-24(17)2)7-20-18(13)22-15/h4-10,23H,11H2,1-3H3;3-9,21H,1-2H3,(H,25,26). The van der Waals surface area contributed by atoms with Gasteiger partial charge in [0.05, 0.1) is 28.0 Å². The van der Waals surface area contributed by atoms with Crippen LogP contribution in [0.25, 0.3) is 88.2 Å². The van der Waals surface area contributed by atoms with Crippen molar-refractivity contribution in [2.75, 3.05) is 12.0 Å². The molecule has 0 aliphatic carbocycles. The summed E-state index contributed by atoms with van der Waals surface area (Å²) in [6.07, 6.45) is 12.4. The number of aromatic carboxylic acids is 1. The number of aromatic nitrogens is 10. The third-order valence-electron chi connectivity index (χ3n) is 10.2. The van der Waals surface area contributed by atoms with Gasteiger partial charge in [0.2, 0.25) is 0 Å². The van der Waals surface area contributed by atoms with Crippen molar-refractivity contribution >= 4 is 87.3 Å². The van der Waals surface area contributed by atoms with Crippen LogP contribution in [0, 0.1) is 0 Å². The quantitative estimate of drug-likeness (QED) is 0.167. The number of pyridine rings is 2. The molecule has 2 aromatic carbocycles. The number of hydrogen-bond acceptors (Lipinski definition) is 8. The van der Waals surface area contributed by atoms with Gasteiger partial charge < -0.3 is 24.4 Å². The zero-order valence-electron chi connectivity index (χ0n) is 30.9. The molecule has 0 fully saturated rings. The summed E-state index contributed by atoms with van der Waals surface area (Å²) in [7, 11) is 4.35. The molecule has 56 heavy (non-hydrogen) atoms. The van der Waals surface area contributed by atoms with Crippen molar-refractivity contribution in [2.24, 2.45) is 28.2 Å². The number of carbonyl (C=O) groups is 2. The van der Waals surface area contributed by atoms with Crippen molar-refractivity contribution in [3.63, 3.8) is 0 Å². The number of hydrogen-bond donors (Lipinski definition) is 3. The zero-order chi connectivity index (χ0) is 39.2. The fourth-order valence-corrected chi connectivity index (χ4v) is 8.22. The van der Waals surface area contributed by atoms with E-state index in [1.165, 1.54) is 0 Å². The van der Waals surface area contributed by atoms with Gasteiger partial charge in [-0.3, -0.25) is 14.2 Å². The average molecular weight is 767 g/mol. The number of carbonyl (C=O) groups excluding carboxylic acids is 1. The molecule has 0 unspecified atom stereocenters. The molecule has 8 heterocycles. The highest BCUT2D eigenvalue weighted by Crippen LogP contribution is 2.36. The lowest BCUT2D eigenvalue weighted by Crippen LogP contribution is -2.14. The maximum atomic E-state index is 12.4. The zero-order valence-corrected chi connectivity index (χ0v) is 31.7. The number of aromatic amines is 2. The van der Waals surface area contributed by atoms with Crippen molar-refractivity contribution in [3.05, 3.63) is 96.8 Å². The fourth-order valence-electron chi connectivity index (χ4n) is 7.57. The Hall–Kier alpha value is -7.07. The van der Waals surface area contributed by atoms with Crippen LogP contribution in [-0.2, 0) is 38.0 Å². The molecule has 0 saturated carbocycles. The molecule has 0 saturated heterocycles. The van der Waals surface area contributed by atoms with Crippen molar-refractivity contribution in [1.29, 1.82) is 0 Å². The molecule has 15 nitrogen and oxygen atoms in total. The number of benzene rings is 2. The van der Waals surface area contributed by atoms with E-state index in [2.05, 4.69) is 20.2 Å². The number of fused-ring (bicyclic) bond motifs is 8. The minimum Gasteiger partial charge on any atom is -0.478 e. The summed E-state index contributed by atoms with van der Waals surface area (Å²) in [5.41, 5.74) is 9.21. The molecule has 280 valence electrons. The molecule has 0 amide bonds. The Morgan fingerprint density at radius 2 is 1.14 bits per heavy atom. The van der Waals surface area contributed by atoms with E-state index in [0.717, 1.165) is 83.2 Å². The van der Waals surface area contributed by atoms with E-state index < -0.39 is 27.3 Å². The Balaban J connectivity index is 0.000000148. The number of nitrogens with zero attached hydrogens (tertiary/aromatic N) is 8. The summed E-state index contributed by atoms with van der Waals surface area (Å²) in [4.78, 5) is 42.1. The average Bonchev–Trinajstić information content (AvgIpc) is 4.01. The molecular weight excluding hydrogens is 733 g/mol. The van der Waals surface area contributed by atoms with Gasteiger partial charge in [-0.2, -0.15) is 0 Å². The largest absolute Gasteiger partial charge is 0.478 e. The van der Waals surface area contributed by atoms with Crippen LogP contribution >= 0.6 is 0 Å². The summed E-state index contributed by atoms with van der Waals surface area (Å²) in [5, 5.41) is 21.2. The maximum Gasteiger partial charge on any atom is 0.335 e. The second-order valence-electron chi connectivity index (χ2n) is 14.1. The lowest BCUT2D eigenvalue weighted by molar-refractivity contribution is 0.0696. The van der Waals surface area contributed by atoms with Crippen molar-refractivity contribution < 1.29 is 23.1 Å². The Morgan fingerprint density at radius 1 is 0.679 bits per heavy atom. The van der Waals surface area contributed by atoms with Crippen molar-refractivity contribution in [1.82, 2.24) is 48.6 Å². The molecule has 0 bridgehead atoms. The normalized spacial score (nSPS) is 12.1. The van der Waals surface area contributed by atoms with Gasteiger partial charge in [-0.15, -0.1) is 0 Å². The van der Waals surface area contributed by atoms with Gasteiger partial charge in [0.25, 0.3) is 0 Å². The van der Waals surface area contributed by atoms with Crippen LogP contribution in [0.2, 0.25) is 0 Å². The third kappa shape index (κ3) is 5.69. The maximum absolute atomic E-state index is 12.4. The number of nitrogens with one attached hydrogen (secondary N) is 2. The summed E-state index contributed by atoms with van der Waals surface area (Å²) in [6.45, 7) is 0. The van der Waals surface area contributed by atoms with Crippen molar-refractivity contribution in [2.45, 2.75) is 0 Å². The molecule has 0 radical (unpaired) electrons. The number of aryl methyl sites for hydroxylation is 4. The van der Waals surface area contributed by atoms with E-state index in [9.17, 15) is 23.1 Å². The molecule has 8 aromatic heterocycles. The van der Waals surface area contributed by atoms with Gasteiger partial charge in [0.15, 0.2) is 26.9 Å². The minimum atomic E-state index is -3.40. The highest BCUT2D eigenvalue weighted by molar-refractivity contribution is 7.91. The van der Waals surface area contributed by atoms with E-state index in [1.807, 2.05) is 95.7 Å². The SMILES string of the molecule is Cn1cc(-c2cc3c(ncc4c[nH]n(C)c43)n2)c2cc(C(=O)CS(C)(=O)=O)ccc21.Cn1cc(-c2cc3c(ncc4c[nH]n(C)c43)n2)c2cc(C(=O)O)ccc21. The molecule has 0 aliphatic rings. The molecule has 0 atom stereocenters. The fraction of sp³-hybridized carbons (Fsp3) is 0.150. The molecule has 10 aromatic rings. The summed E-state index contributed by atoms with van der Waals surface area (Å²) < 4.78 is 30.9. The van der Waals surface area contributed by atoms with Crippen molar-refractivity contribution in [3.8, 4) is 22.5 Å². The van der Waals surface area contributed by atoms with Gasteiger partial charge in [0.1, 0.15) is 5.75 Å². The summed E-state index contributed by atoms with van der Waals surface area (Å²) >= 11 is 0. The molecule has 10 rings (SSSR count). The highest BCUT2D eigenvalue weighted by atomic mass is 32.2. The number of rotatable bonds is 6. The Labute approximate surface area is 317 Å². The predicted octanol–water partition coefficient (Wildman–Crippen LogP) is 6.14. The second kappa shape index (κ2) is 12.5. The summed E-state index contributed by atoms with van der Waals surface area (Å²) in [5.74, 6) is -1.87. The van der Waals surface area contributed by atoms with Gasteiger partial charge in [-0.05, 0) is 48.5 Å². The number of H-pyrrole nitrogens is 2. The smallest absolute Gasteiger partial charge is 0.335 e. The number of sulfone groups is 1. The van der Waals surface area contributed by atoms with Crippen LogP contribution in [0.1, 0.15) is 20.7 Å². The number of carboxylic acids is 1. The lowest BCUT2D eigenvalue weighted by Gasteiger charge is -2.02. The third-order valence-corrected chi connectivity index (χ3v) is 11.0. The predicted molar refractivity (Wildman–Crippen MR) is 216 cm³/mol. The molecule has 3 N–H and O–H groups in total. The van der Waals surface area contributed by atoms with Crippen LogP contribution < -0.4 is 0 Å². The molecule has 0 aliphatic heterocycles. The lowest BCUT2D eigenvalue weighted by atomic mass is 10.1. The van der Waals surface area contributed by atoms with Crippen LogP contribution in [0.3, 0.4) is 0 Å². The second-order valence-corrected chi connectivity index (χ2v) is 16.3. The van der Waals surface area contributed by atoms with Crippen LogP contribution in [-0.4, -0.2) is 85.9 Å². The Bertz CT molecular complexity index is 3370. The molecular formula is C40H34N10O5S. The van der Waals surface area contributed by atoms with E-state index in [-0.39, 0.29) is 5.56 Å². The van der Waals surface area contributed by atoms with Gasteiger partial charge in [0, 0.05) is 132 Å². The number of ketones is 1. The monoisotopic (exact) mass is 766 g/mol. The highest BCUT2D eigenvalue weighted by Gasteiger charge is 2.20. The minimum absolute atomic E-state index is 0.263. The van der Waals surface area contributed by atoms with Crippen LogP contribution in [0.5, 0.6) is 0 Å². The molecule has 16 heteroatoms. The first-order chi connectivity index (χ1) is 26.7. The number of Topliss-reactive ketones (excluding diaryl/α,β-unsaturated/α-hetero) is 1. The topological polar surface area (TPSA) is 191 Å². The van der Waals surface area contributed by atoms with Crippen LogP contribution in [0.4, 0.5) is 0 Å². The van der Waals surface area contributed by atoms with Crippen LogP contribution in [0.15, 0.2) is 85.7 Å². The first-order valence-corrected chi connectivity index (χ1v) is 19.5. The Kier molecular flexibility index (Phi) is 7.74. The molecule has 0 spiro atoms. The van der Waals surface area contributed by atoms with E-state index in [1.54, 1.807) is 36.7 Å². The number of carboxylic acid groups (broad SMARTS) is 1. The summed E-state index contributed by atoms with van der Waals surface area (Å²) in [6, 6.07) is 14.4. The first kappa shape index (κ1) is 34.7. The Morgan fingerprint density at radius 3 is 1.61 bits per heavy atom. The van der Waals surface area contributed by atoms with E-state index >= 15 is 0 Å². The van der Waals surface area contributed by atoms with E-state index in [4.69, 9.17) is 9.97 Å². The van der Waals surface area contributed by atoms with Gasteiger partial charge in [-0.25, -0.2) is 33.1 Å². The van der Waals surface area contributed by atoms with E-state index in [0.29, 0.717) is 16.9 Å². The first-order valence-electron chi connectivity index (χ1n) is 17.5. The van der Waals surface area contributed by atoms with Gasteiger partial charge in [-0.1, -0.05) is 0 Å². The van der Waals surface area contributed by atoms with Gasteiger partial charge >= 0.3 is 5.97 Å².